The molecule has 0 aromatic carbocycles. The van der Waals surface area contributed by atoms with Gasteiger partial charge in [-0.2, -0.15) is 0 Å². The van der Waals surface area contributed by atoms with Gasteiger partial charge in [0.05, 0.1) is 13.2 Å². The monoisotopic (exact) mass is 136 g/mol. The van der Waals surface area contributed by atoms with Crippen molar-refractivity contribution in [2.24, 2.45) is 0 Å². The van der Waals surface area contributed by atoms with Gasteiger partial charge < -0.3 is 20.2 Å². The second-order valence-corrected chi connectivity index (χ2v) is 1.86. The highest BCUT2D eigenvalue weighted by molar-refractivity contribution is 4.21. The highest BCUT2D eigenvalue weighted by Gasteiger charge is 2.02. The van der Waals surface area contributed by atoms with Gasteiger partial charge >= 0.3 is 0 Å². The van der Waals surface area contributed by atoms with E-state index in [0.29, 0.717) is 13.1 Å². The van der Waals surface area contributed by atoms with Crippen molar-refractivity contribution in [3.8, 4) is 0 Å². The molecule has 0 aromatic heterocycles. The van der Waals surface area contributed by atoms with Gasteiger partial charge in [0.25, 0.3) is 0 Å². The van der Waals surface area contributed by atoms with Crippen LogP contribution in [0.25, 0.3) is 0 Å². The van der Waals surface area contributed by atoms with Crippen molar-refractivity contribution in [2.45, 2.75) is 0 Å². The Bertz CT molecular complexity index is 54.2. The van der Waals surface area contributed by atoms with Crippen LogP contribution in [0.2, 0.25) is 0 Å². The van der Waals surface area contributed by atoms with E-state index in [1.54, 1.807) is 0 Å². The summed E-state index contributed by atoms with van der Waals surface area (Å²) in [6.07, 6.45) is 0. The van der Waals surface area contributed by atoms with Gasteiger partial charge in [-0.05, 0) is 0 Å². The Morgan fingerprint density at radius 2 is 1.33 bits per heavy atom. The van der Waals surface area contributed by atoms with Crippen LogP contribution in [0, 0.1) is 0 Å². The lowest BCUT2D eigenvalue weighted by atomic mass is 10.5. The largest absolute Gasteiger partial charge is 0.391 e. The average molecular weight is 136 g/mol. The minimum Gasteiger partial charge on any atom is -0.391 e. The van der Waals surface area contributed by atoms with E-state index < -0.39 is 0 Å². The predicted octanol–water partition coefficient (Wildman–Crippen LogP) is -3.19. The molecule has 4 nitrogen and oxygen atoms in total. The van der Waals surface area contributed by atoms with Gasteiger partial charge in [0, 0.05) is 0 Å². The lowest BCUT2D eigenvalue weighted by molar-refractivity contribution is -0.919. The summed E-state index contributed by atoms with van der Waals surface area (Å²) in [5, 5.41) is 25.3. The maximum atomic E-state index is 8.53. The van der Waals surface area contributed by atoms with Gasteiger partial charge in [-0.25, -0.2) is 0 Å². The summed E-state index contributed by atoms with van der Waals surface area (Å²) in [6, 6.07) is 0. The maximum Gasteiger partial charge on any atom is 0.178 e. The molecule has 0 radical (unpaired) electrons. The molecule has 0 aromatic rings. The molecule has 0 fully saturated rings. The fraction of sp³-hybridized carbons (Fsp3) is 1.00. The van der Waals surface area contributed by atoms with E-state index in [1.165, 1.54) is 0 Å². The third-order valence-electron chi connectivity index (χ3n) is 1.15. The van der Waals surface area contributed by atoms with E-state index in [0.717, 1.165) is 4.90 Å². The summed E-state index contributed by atoms with van der Waals surface area (Å²) in [5.74, 6) is 0. The number of aliphatic hydroxyl groups excluding tert-OH is 3. The Kier molecular flexibility index (Phi) is 5.86. The molecule has 4 N–H and O–H groups in total. The first-order chi connectivity index (χ1) is 4.35. The summed E-state index contributed by atoms with van der Waals surface area (Å²) < 4.78 is 0. The van der Waals surface area contributed by atoms with Crippen molar-refractivity contribution >= 4 is 0 Å². The summed E-state index contributed by atoms with van der Waals surface area (Å²) in [5.41, 5.74) is 0. The van der Waals surface area contributed by atoms with Crippen molar-refractivity contribution in [1.29, 1.82) is 0 Å². The van der Waals surface area contributed by atoms with Gasteiger partial charge in [0.2, 0.25) is 0 Å². The number of quaternary nitrogens is 1. The van der Waals surface area contributed by atoms with Crippen LogP contribution in [0.15, 0.2) is 0 Å². The molecule has 0 atom stereocenters. The second kappa shape index (κ2) is 5.97. The van der Waals surface area contributed by atoms with E-state index >= 15 is 0 Å². The van der Waals surface area contributed by atoms with Crippen LogP contribution in [0.4, 0.5) is 0 Å². The van der Waals surface area contributed by atoms with E-state index in [-0.39, 0.29) is 19.9 Å². The molecule has 0 saturated carbocycles. The van der Waals surface area contributed by atoms with Gasteiger partial charge in [0.15, 0.2) is 6.73 Å². The third kappa shape index (κ3) is 4.35. The van der Waals surface area contributed by atoms with Crippen molar-refractivity contribution in [3.63, 3.8) is 0 Å². The number of hydrogen-bond donors (Lipinski definition) is 4. The van der Waals surface area contributed by atoms with E-state index in [4.69, 9.17) is 15.3 Å². The topological polar surface area (TPSA) is 65.1 Å². The molecule has 0 aliphatic heterocycles. The van der Waals surface area contributed by atoms with Crippen LogP contribution in [-0.2, 0) is 0 Å². The van der Waals surface area contributed by atoms with Crippen molar-refractivity contribution in [2.75, 3.05) is 33.0 Å². The first kappa shape index (κ1) is 8.84. The normalized spacial score (nSPS) is 10.7. The molecular weight excluding hydrogens is 122 g/mol. The number of hydrogen-bond acceptors (Lipinski definition) is 3. The van der Waals surface area contributed by atoms with Crippen LogP contribution in [0.5, 0.6) is 0 Å². The van der Waals surface area contributed by atoms with Crippen LogP contribution in [-0.4, -0.2) is 48.4 Å². The SMILES string of the molecule is OCC[NH+](CO)CCO. The Morgan fingerprint density at radius 3 is 1.56 bits per heavy atom. The molecule has 0 amide bonds. The quantitative estimate of drug-likeness (QED) is 0.301. The smallest absolute Gasteiger partial charge is 0.178 e. The van der Waals surface area contributed by atoms with Crippen molar-refractivity contribution in [1.82, 2.24) is 0 Å². The van der Waals surface area contributed by atoms with Crippen LogP contribution < -0.4 is 4.90 Å². The molecule has 0 bridgehead atoms. The van der Waals surface area contributed by atoms with Crippen LogP contribution in [0.3, 0.4) is 0 Å². The van der Waals surface area contributed by atoms with Gasteiger partial charge in [0.1, 0.15) is 13.1 Å². The fourth-order valence-corrected chi connectivity index (χ4v) is 0.599. The minimum atomic E-state index is -0.0267. The third-order valence-corrected chi connectivity index (χ3v) is 1.15. The van der Waals surface area contributed by atoms with Crippen molar-refractivity contribution < 1.29 is 20.2 Å². The van der Waals surface area contributed by atoms with Gasteiger partial charge in [-0.15, -0.1) is 0 Å². The fourth-order valence-electron chi connectivity index (χ4n) is 0.599. The molecule has 0 spiro atoms. The lowest BCUT2D eigenvalue weighted by Crippen LogP contribution is -3.13. The minimum absolute atomic E-state index is 0.0267. The zero-order valence-electron chi connectivity index (χ0n) is 5.38. The molecule has 0 unspecified atom stereocenters. The summed E-state index contributed by atoms with van der Waals surface area (Å²) in [4.78, 5) is 0.806. The highest BCUT2D eigenvalue weighted by atomic mass is 16.3. The molecule has 56 valence electrons. The molecule has 0 rings (SSSR count). The second-order valence-electron chi connectivity index (χ2n) is 1.86. The number of rotatable bonds is 5. The Labute approximate surface area is 54.3 Å². The average Bonchev–Trinajstić information content (AvgIpc) is 1.88. The molecule has 4 heteroatoms. The zero-order chi connectivity index (χ0) is 7.11. The lowest BCUT2D eigenvalue weighted by Gasteiger charge is -2.12. The predicted molar refractivity (Wildman–Crippen MR) is 32.0 cm³/mol. The molecule has 0 aliphatic rings. The summed E-state index contributed by atoms with van der Waals surface area (Å²) >= 11 is 0. The molecule has 0 saturated heterocycles. The van der Waals surface area contributed by atoms with E-state index in [9.17, 15) is 0 Å². The summed E-state index contributed by atoms with van der Waals surface area (Å²) in [7, 11) is 0. The molecular formula is C5H14NO3+. The van der Waals surface area contributed by atoms with Crippen LogP contribution >= 0.6 is 0 Å². The molecule has 0 heterocycles. The number of aliphatic hydroxyl groups is 3. The Hall–Kier alpha value is -0.160. The first-order valence-corrected chi connectivity index (χ1v) is 3.01. The summed E-state index contributed by atoms with van der Waals surface area (Å²) in [6.45, 7) is 1.07. The Morgan fingerprint density at radius 1 is 0.889 bits per heavy atom. The molecule has 0 aliphatic carbocycles. The van der Waals surface area contributed by atoms with E-state index in [1.807, 2.05) is 0 Å². The maximum absolute atomic E-state index is 8.53. The van der Waals surface area contributed by atoms with Gasteiger partial charge in [-0.1, -0.05) is 0 Å². The standard InChI is InChI=1S/C5H13NO3/c7-3-1-6(5-9)2-4-8/h7-9H,1-5H2/p+1. The Balaban J connectivity index is 3.18. The highest BCUT2D eigenvalue weighted by Crippen LogP contribution is 1.49. The number of nitrogens with one attached hydrogen (secondary N) is 1. The van der Waals surface area contributed by atoms with E-state index in [2.05, 4.69) is 0 Å². The van der Waals surface area contributed by atoms with Crippen molar-refractivity contribution in [3.05, 3.63) is 0 Å². The van der Waals surface area contributed by atoms with Gasteiger partial charge in [-0.3, -0.25) is 0 Å². The first-order valence-electron chi connectivity index (χ1n) is 3.01. The molecule has 9 heavy (non-hydrogen) atoms. The van der Waals surface area contributed by atoms with Crippen LogP contribution in [0.1, 0.15) is 0 Å². The zero-order valence-corrected chi connectivity index (χ0v) is 5.38.